The third-order valence-electron chi connectivity index (χ3n) is 8.51. The van der Waals surface area contributed by atoms with Crippen molar-refractivity contribution >= 4 is 11.8 Å². The second kappa shape index (κ2) is 8.89. The molecule has 3 aliphatic rings. The van der Waals surface area contributed by atoms with Gasteiger partial charge in [-0.2, -0.15) is 5.10 Å². The van der Waals surface area contributed by atoms with Crippen LogP contribution in [0.1, 0.15) is 49.5 Å². The maximum Gasteiger partial charge on any atom is 0.272 e. The van der Waals surface area contributed by atoms with E-state index in [-0.39, 0.29) is 34.7 Å². The van der Waals surface area contributed by atoms with E-state index >= 15 is 0 Å². The first-order valence-corrected chi connectivity index (χ1v) is 12.3. The molecule has 35 heavy (non-hydrogen) atoms. The minimum absolute atomic E-state index is 0.173. The molecule has 2 aliphatic heterocycles. The minimum Gasteiger partial charge on any atom is -0.481 e. The summed E-state index contributed by atoms with van der Waals surface area (Å²) in [5.74, 6) is -0.150. The lowest BCUT2D eigenvalue weighted by Gasteiger charge is -2.42. The van der Waals surface area contributed by atoms with Gasteiger partial charge in [-0.05, 0) is 64.0 Å². The molecule has 1 saturated carbocycles. The predicted molar refractivity (Wildman–Crippen MR) is 127 cm³/mol. The smallest absolute Gasteiger partial charge is 0.272 e. The molecular weight excluding hydrogens is 451 g/mol. The maximum atomic E-state index is 14.4. The van der Waals surface area contributed by atoms with Crippen LogP contribution in [0.2, 0.25) is 0 Å². The number of hydrogen-bond donors (Lipinski definition) is 2. The van der Waals surface area contributed by atoms with E-state index in [1.807, 2.05) is 4.90 Å². The largest absolute Gasteiger partial charge is 0.481 e. The van der Waals surface area contributed by atoms with Crippen molar-refractivity contribution in [2.45, 2.75) is 50.6 Å². The second-order valence-electron chi connectivity index (χ2n) is 10.5. The third-order valence-corrected chi connectivity index (χ3v) is 8.51. The van der Waals surface area contributed by atoms with Crippen molar-refractivity contribution in [3.05, 3.63) is 29.8 Å². The number of carbonyl (C=O) groups is 2. The fourth-order valence-electron chi connectivity index (χ4n) is 6.25. The maximum absolute atomic E-state index is 14.4. The number of halogens is 1. The highest BCUT2D eigenvalue weighted by Crippen LogP contribution is 2.60. The fourth-order valence-corrected chi connectivity index (χ4v) is 6.25. The van der Waals surface area contributed by atoms with Crippen LogP contribution in [0.25, 0.3) is 11.3 Å². The molecule has 0 bridgehead atoms. The number of rotatable bonds is 5. The Balaban J connectivity index is 1.40. The summed E-state index contributed by atoms with van der Waals surface area (Å²) in [5.41, 5.74) is 6.15. The van der Waals surface area contributed by atoms with Crippen molar-refractivity contribution in [1.82, 2.24) is 25.0 Å². The number of nitrogens with two attached hydrogens (primary N) is 1. The molecule has 2 aromatic rings. The summed E-state index contributed by atoms with van der Waals surface area (Å²) in [6.07, 6.45) is 5.36. The van der Waals surface area contributed by atoms with Crippen molar-refractivity contribution in [3.8, 4) is 17.1 Å². The molecule has 5 unspecified atom stereocenters. The van der Waals surface area contributed by atoms with Gasteiger partial charge in [0.05, 0.1) is 19.0 Å². The summed E-state index contributed by atoms with van der Waals surface area (Å²) in [6, 6.07) is 3.58. The summed E-state index contributed by atoms with van der Waals surface area (Å²) in [7, 11) is 3.61. The highest BCUT2D eigenvalue weighted by Gasteiger charge is 2.64. The van der Waals surface area contributed by atoms with Gasteiger partial charge in [0.15, 0.2) is 5.82 Å². The third kappa shape index (κ3) is 4.17. The number of carbonyl (C=O) groups excluding carboxylic acids is 2. The first kappa shape index (κ1) is 23.7. The van der Waals surface area contributed by atoms with Crippen molar-refractivity contribution in [2.75, 3.05) is 27.2 Å². The van der Waals surface area contributed by atoms with Crippen LogP contribution in [0, 0.1) is 23.6 Å². The molecular formula is C25H33FN6O3. The van der Waals surface area contributed by atoms with E-state index in [1.165, 1.54) is 13.2 Å². The summed E-state index contributed by atoms with van der Waals surface area (Å²) in [6.45, 7) is 3.71. The van der Waals surface area contributed by atoms with Crippen LogP contribution in [0.15, 0.2) is 18.3 Å². The van der Waals surface area contributed by atoms with E-state index < -0.39 is 5.82 Å². The fraction of sp³-hybridized carbons (Fsp3) is 0.600. The van der Waals surface area contributed by atoms with Gasteiger partial charge in [0.2, 0.25) is 11.8 Å². The lowest BCUT2D eigenvalue weighted by Crippen LogP contribution is -2.52. The van der Waals surface area contributed by atoms with E-state index in [9.17, 15) is 14.0 Å². The quantitative estimate of drug-likeness (QED) is 0.673. The van der Waals surface area contributed by atoms with Crippen molar-refractivity contribution in [3.63, 3.8) is 0 Å². The van der Waals surface area contributed by atoms with Gasteiger partial charge in [0, 0.05) is 42.2 Å². The van der Waals surface area contributed by atoms with Gasteiger partial charge >= 0.3 is 0 Å². The van der Waals surface area contributed by atoms with Crippen LogP contribution in [0.4, 0.5) is 4.39 Å². The normalized spacial score (nSPS) is 30.9. The number of nitrogens with one attached hydrogen (secondary N) is 1. The average molecular weight is 485 g/mol. The van der Waals surface area contributed by atoms with E-state index in [2.05, 4.69) is 34.1 Å². The molecule has 5 rings (SSSR count). The van der Waals surface area contributed by atoms with Gasteiger partial charge in [-0.1, -0.05) is 0 Å². The molecule has 1 spiro atoms. The summed E-state index contributed by atoms with van der Waals surface area (Å²) < 4.78 is 19.5. The van der Waals surface area contributed by atoms with Crippen LogP contribution in [0.3, 0.4) is 0 Å². The summed E-state index contributed by atoms with van der Waals surface area (Å²) in [5, 5.41) is 7.00. The number of ether oxygens (including phenoxy) is 1. The Kier molecular flexibility index (Phi) is 6.03. The SMILES string of the molecule is COc1cc(-c2cc(C(=O)N3CCC(C(N)=O)CC34CC4C3CCC(C)N(C)C3)[nH]n2)c(F)cn1. The number of amides is 2. The molecule has 2 saturated heterocycles. The van der Waals surface area contributed by atoms with Gasteiger partial charge in [-0.25, -0.2) is 9.37 Å². The van der Waals surface area contributed by atoms with Crippen molar-refractivity contribution < 1.29 is 18.7 Å². The Bertz CT molecular complexity index is 1140. The molecule has 9 nitrogen and oxygen atoms in total. The van der Waals surface area contributed by atoms with Gasteiger partial charge in [0.25, 0.3) is 5.91 Å². The molecule has 10 heteroatoms. The lowest BCUT2D eigenvalue weighted by molar-refractivity contribution is -0.124. The molecule has 2 amide bonds. The zero-order valence-corrected chi connectivity index (χ0v) is 20.5. The van der Waals surface area contributed by atoms with E-state index in [0.29, 0.717) is 48.7 Å². The average Bonchev–Trinajstić information content (AvgIpc) is 3.32. The number of likely N-dealkylation sites (tertiary alicyclic amines) is 2. The second-order valence-corrected chi connectivity index (χ2v) is 10.5. The van der Waals surface area contributed by atoms with Crippen LogP contribution in [-0.4, -0.2) is 75.6 Å². The Labute approximate surface area is 204 Å². The lowest BCUT2D eigenvalue weighted by atomic mass is 9.82. The van der Waals surface area contributed by atoms with Gasteiger partial charge in [0.1, 0.15) is 5.69 Å². The monoisotopic (exact) mass is 484 g/mol. The van der Waals surface area contributed by atoms with Crippen LogP contribution < -0.4 is 10.5 Å². The first-order chi connectivity index (χ1) is 16.7. The van der Waals surface area contributed by atoms with Gasteiger partial charge in [-0.15, -0.1) is 0 Å². The van der Waals surface area contributed by atoms with Crippen molar-refractivity contribution in [2.24, 2.45) is 23.5 Å². The standard InChI is InChI=1S/C25H33FN6O3/c1-14-4-5-16(13-31(14)2)18-11-25(18)10-15(23(27)33)6-7-32(25)24(34)21-9-20(29-30-21)17-8-22(35-3)28-12-19(17)26/h8-9,12,14-16,18H,4-7,10-11,13H2,1-3H3,(H2,27,33)(H,29,30). The van der Waals surface area contributed by atoms with Gasteiger partial charge < -0.3 is 20.3 Å². The molecule has 2 aromatic heterocycles. The Morgan fingerprint density at radius 1 is 1.26 bits per heavy atom. The van der Waals surface area contributed by atoms with Crippen LogP contribution in [-0.2, 0) is 4.79 Å². The first-order valence-electron chi connectivity index (χ1n) is 12.3. The minimum atomic E-state index is -0.548. The Morgan fingerprint density at radius 3 is 2.77 bits per heavy atom. The summed E-state index contributed by atoms with van der Waals surface area (Å²) >= 11 is 0. The molecule has 3 fully saturated rings. The number of aromatic amines is 1. The molecule has 5 atom stereocenters. The molecule has 1 aliphatic carbocycles. The van der Waals surface area contributed by atoms with Crippen LogP contribution in [0.5, 0.6) is 5.88 Å². The van der Waals surface area contributed by atoms with Gasteiger partial charge in [-0.3, -0.25) is 14.7 Å². The highest BCUT2D eigenvalue weighted by atomic mass is 19.1. The zero-order chi connectivity index (χ0) is 24.9. The number of primary amides is 1. The van der Waals surface area contributed by atoms with Crippen LogP contribution >= 0.6 is 0 Å². The molecule has 0 radical (unpaired) electrons. The van der Waals surface area contributed by atoms with Crippen molar-refractivity contribution in [1.29, 1.82) is 0 Å². The number of nitrogens with zero attached hydrogens (tertiary/aromatic N) is 4. The molecule has 188 valence electrons. The van der Waals surface area contributed by atoms with E-state index in [1.54, 1.807) is 6.07 Å². The Morgan fingerprint density at radius 2 is 2.06 bits per heavy atom. The number of piperidine rings is 2. The summed E-state index contributed by atoms with van der Waals surface area (Å²) in [4.78, 5) is 34.0. The highest BCUT2D eigenvalue weighted by molar-refractivity contribution is 5.94. The number of H-pyrrole nitrogens is 1. The Hall–Kier alpha value is -3.01. The van der Waals surface area contributed by atoms with E-state index in [0.717, 1.165) is 32.0 Å². The van der Waals surface area contributed by atoms with E-state index in [4.69, 9.17) is 10.5 Å². The zero-order valence-electron chi connectivity index (χ0n) is 20.5. The molecule has 3 N–H and O–H groups in total. The topological polar surface area (TPSA) is 117 Å². The number of methoxy groups -OCH3 is 1. The number of pyridine rings is 1. The predicted octanol–water partition coefficient (Wildman–Crippen LogP) is 2.45. The molecule has 0 aromatic carbocycles. The molecule has 4 heterocycles. The number of hydrogen-bond acceptors (Lipinski definition) is 6. The number of aromatic nitrogens is 3.